The second kappa shape index (κ2) is 4.52. The third-order valence-corrected chi connectivity index (χ3v) is 1.67. The zero-order valence-corrected chi connectivity index (χ0v) is 8.57. The molecule has 0 aliphatic heterocycles. The number of benzene rings is 1. The second-order valence-electron chi connectivity index (χ2n) is 3.12. The number of ether oxygens (including phenoxy) is 2. The summed E-state index contributed by atoms with van der Waals surface area (Å²) in [6, 6.07) is 7.32. The van der Waals surface area contributed by atoms with Crippen molar-refractivity contribution in [2.24, 2.45) is 0 Å². The highest BCUT2D eigenvalue weighted by atomic mass is 16.5. The number of para-hydroxylation sites is 1. The molecule has 3 nitrogen and oxygen atoms in total. The predicted octanol–water partition coefficient (Wildman–Crippen LogP) is 2.35. The predicted molar refractivity (Wildman–Crippen MR) is 53.5 cm³/mol. The molecule has 1 rings (SSSR count). The lowest BCUT2D eigenvalue weighted by atomic mass is 10.2. The van der Waals surface area contributed by atoms with Gasteiger partial charge in [0.2, 0.25) is 0 Å². The van der Waals surface area contributed by atoms with Gasteiger partial charge in [-0.15, -0.1) is 0 Å². The summed E-state index contributed by atoms with van der Waals surface area (Å²) in [7, 11) is 1.56. The summed E-state index contributed by atoms with van der Waals surface area (Å²) in [5, 5.41) is 8.87. The number of nitrogens with zero attached hydrogens (tertiary/aromatic N) is 1. The molecule has 3 heteroatoms. The van der Waals surface area contributed by atoms with Crippen molar-refractivity contribution in [2.75, 3.05) is 7.11 Å². The Bertz CT molecular complexity index is 353. The van der Waals surface area contributed by atoms with Crippen LogP contribution in [0.5, 0.6) is 11.5 Å². The maximum absolute atomic E-state index is 8.87. The first-order valence-electron chi connectivity index (χ1n) is 4.42. The van der Waals surface area contributed by atoms with Crippen LogP contribution in [0.2, 0.25) is 0 Å². The Morgan fingerprint density at radius 2 is 2.07 bits per heavy atom. The topological polar surface area (TPSA) is 42.2 Å². The van der Waals surface area contributed by atoms with Crippen LogP contribution in [0.25, 0.3) is 0 Å². The fraction of sp³-hybridized carbons (Fsp3) is 0.364. The van der Waals surface area contributed by atoms with Crippen molar-refractivity contribution in [1.82, 2.24) is 0 Å². The molecule has 1 aromatic carbocycles. The number of methoxy groups -OCH3 is 1. The average molecular weight is 191 g/mol. The molecule has 0 aliphatic carbocycles. The molecule has 0 unspecified atom stereocenters. The Balaban J connectivity index is 3.14. The molecule has 0 radical (unpaired) electrons. The molecular formula is C11H13NO2. The van der Waals surface area contributed by atoms with Crippen LogP contribution in [-0.4, -0.2) is 13.2 Å². The molecule has 0 saturated heterocycles. The Morgan fingerprint density at radius 1 is 1.36 bits per heavy atom. The summed E-state index contributed by atoms with van der Waals surface area (Å²) < 4.78 is 10.6. The van der Waals surface area contributed by atoms with Crippen molar-refractivity contribution in [2.45, 2.75) is 20.0 Å². The molecule has 0 aliphatic rings. The fourth-order valence-electron chi connectivity index (χ4n) is 1.12. The third kappa shape index (κ3) is 2.17. The van der Waals surface area contributed by atoms with Gasteiger partial charge in [0.15, 0.2) is 11.5 Å². The van der Waals surface area contributed by atoms with Crippen LogP contribution >= 0.6 is 0 Å². The molecule has 0 heterocycles. The van der Waals surface area contributed by atoms with Gasteiger partial charge in [0.1, 0.15) is 6.07 Å². The molecule has 0 amide bonds. The first-order valence-corrected chi connectivity index (χ1v) is 4.42. The lowest BCUT2D eigenvalue weighted by molar-refractivity contribution is 0.229. The molecule has 0 fully saturated rings. The summed E-state index contributed by atoms with van der Waals surface area (Å²) in [5.41, 5.74) is 0.498. The zero-order chi connectivity index (χ0) is 10.6. The number of hydrogen-bond acceptors (Lipinski definition) is 3. The molecule has 0 atom stereocenters. The maximum atomic E-state index is 8.87. The van der Waals surface area contributed by atoms with Crippen molar-refractivity contribution >= 4 is 0 Å². The minimum Gasteiger partial charge on any atom is -0.493 e. The molecule has 0 aromatic heterocycles. The first-order chi connectivity index (χ1) is 6.69. The van der Waals surface area contributed by atoms with Crippen LogP contribution in [0.15, 0.2) is 18.2 Å². The highest BCUT2D eigenvalue weighted by Gasteiger charge is 2.11. The van der Waals surface area contributed by atoms with E-state index in [2.05, 4.69) is 6.07 Å². The summed E-state index contributed by atoms with van der Waals surface area (Å²) in [6.45, 7) is 3.82. The van der Waals surface area contributed by atoms with Crippen LogP contribution in [0, 0.1) is 11.3 Å². The van der Waals surface area contributed by atoms with Gasteiger partial charge in [0, 0.05) is 0 Å². The van der Waals surface area contributed by atoms with Crippen molar-refractivity contribution in [3.63, 3.8) is 0 Å². The number of hydrogen-bond donors (Lipinski definition) is 0. The minimum absolute atomic E-state index is 0.0263. The van der Waals surface area contributed by atoms with Gasteiger partial charge in [-0.1, -0.05) is 6.07 Å². The Kier molecular flexibility index (Phi) is 3.35. The summed E-state index contributed by atoms with van der Waals surface area (Å²) in [4.78, 5) is 0. The van der Waals surface area contributed by atoms with Crippen LogP contribution in [0.4, 0.5) is 0 Å². The van der Waals surface area contributed by atoms with E-state index >= 15 is 0 Å². The van der Waals surface area contributed by atoms with E-state index in [4.69, 9.17) is 14.7 Å². The standard InChI is InChI=1S/C11H13NO2/c1-8(2)14-11-9(7-12)5-4-6-10(11)13-3/h4-6,8H,1-3H3. The third-order valence-electron chi connectivity index (χ3n) is 1.67. The Morgan fingerprint density at radius 3 is 2.57 bits per heavy atom. The van der Waals surface area contributed by atoms with E-state index in [-0.39, 0.29) is 6.10 Å². The largest absolute Gasteiger partial charge is 0.493 e. The van der Waals surface area contributed by atoms with E-state index in [0.29, 0.717) is 17.1 Å². The molecule has 1 aromatic rings. The van der Waals surface area contributed by atoms with E-state index in [1.165, 1.54) is 0 Å². The van der Waals surface area contributed by atoms with Gasteiger partial charge in [0.25, 0.3) is 0 Å². The first kappa shape index (κ1) is 10.4. The second-order valence-corrected chi connectivity index (χ2v) is 3.12. The molecule has 74 valence electrons. The lowest BCUT2D eigenvalue weighted by Crippen LogP contribution is -2.08. The highest BCUT2D eigenvalue weighted by Crippen LogP contribution is 2.31. The van der Waals surface area contributed by atoms with E-state index < -0.39 is 0 Å². The highest BCUT2D eigenvalue weighted by molar-refractivity contribution is 5.52. The van der Waals surface area contributed by atoms with Crippen LogP contribution in [-0.2, 0) is 0 Å². The fourth-order valence-corrected chi connectivity index (χ4v) is 1.12. The summed E-state index contributed by atoms with van der Waals surface area (Å²) in [5.74, 6) is 1.12. The molecule has 0 N–H and O–H groups in total. The van der Waals surface area contributed by atoms with Crippen molar-refractivity contribution in [3.8, 4) is 17.6 Å². The van der Waals surface area contributed by atoms with E-state index in [9.17, 15) is 0 Å². The smallest absolute Gasteiger partial charge is 0.179 e. The average Bonchev–Trinajstić information content (AvgIpc) is 2.17. The normalized spacial score (nSPS) is 9.64. The lowest BCUT2D eigenvalue weighted by Gasteiger charge is -2.14. The van der Waals surface area contributed by atoms with E-state index in [1.54, 1.807) is 25.3 Å². The minimum atomic E-state index is 0.0263. The SMILES string of the molecule is COc1cccc(C#N)c1OC(C)C. The zero-order valence-electron chi connectivity index (χ0n) is 8.57. The van der Waals surface area contributed by atoms with Crippen molar-refractivity contribution in [3.05, 3.63) is 23.8 Å². The number of rotatable bonds is 3. The van der Waals surface area contributed by atoms with Crippen LogP contribution in [0.3, 0.4) is 0 Å². The van der Waals surface area contributed by atoms with Crippen molar-refractivity contribution < 1.29 is 9.47 Å². The molecule has 0 spiro atoms. The van der Waals surface area contributed by atoms with Gasteiger partial charge in [-0.2, -0.15) is 5.26 Å². The van der Waals surface area contributed by atoms with Gasteiger partial charge in [0.05, 0.1) is 18.8 Å². The summed E-state index contributed by atoms with van der Waals surface area (Å²) >= 11 is 0. The maximum Gasteiger partial charge on any atom is 0.179 e. The quantitative estimate of drug-likeness (QED) is 0.736. The van der Waals surface area contributed by atoms with Gasteiger partial charge in [-0.05, 0) is 26.0 Å². The molecular weight excluding hydrogens is 178 g/mol. The van der Waals surface area contributed by atoms with E-state index in [0.717, 1.165) is 0 Å². The van der Waals surface area contributed by atoms with Crippen molar-refractivity contribution in [1.29, 1.82) is 5.26 Å². The summed E-state index contributed by atoms with van der Waals surface area (Å²) in [6.07, 6.45) is 0.0263. The molecule has 14 heavy (non-hydrogen) atoms. The monoisotopic (exact) mass is 191 g/mol. The Hall–Kier alpha value is -1.69. The Labute approximate surface area is 83.9 Å². The van der Waals surface area contributed by atoms with E-state index in [1.807, 2.05) is 13.8 Å². The van der Waals surface area contributed by atoms with Gasteiger partial charge in [-0.3, -0.25) is 0 Å². The van der Waals surface area contributed by atoms with Crippen LogP contribution < -0.4 is 9.47 Å². The number of nitriles is 1. The van der Waals surface area contributed by atoms with Gasteiger partial charge >= 0.3 is 0 Å². The van der Waals surface area contributed by atoms with Crippen LogP contribution in [0.1, 0.15) is 19.4 Å². The van der Waals surface area contributed by atoms with Gasteiger partial charge < -0.3 is 9.47 Å². The molecule has 0 saturated carbocycles. The van der Waals surface area contributed by atoms with Gasteiger partial charge in [-0.25, -0.2) is 0 Å². The molecule has 0 bridgehead atoms.